The van der Waals surface area contributed by atoms with Gasteiger partial charge in [0.25, 0.3) is 0 Å². The van der Waals surface area contributed by atoms with E-state index in [9.17, 15) is 0 Å². The maximum atomic E-state index is 6.19. The van der Waals surface area contributed by atoms with Crippen molar-refractivity contribution in [2.75, 3.05) is 0 Å². The second-order valence-corrected chi connectivity index (χ2v) is 7.86. The van der Waals surface area contributed by atoms with Gasteiger partial charge in [-0.15, -0.1) is 0 Å². The van der Waals surface area contributed by atoms with Gasteiger partial charge in [0.1, 0.15) is 0 Å². The van der Waals surface area contributed by atoms with Gasteiger partial charge in [-0.25, -0.2) is 0 Å². The Balaban J connectivity index is 1.75. The van der Waals surface area contributed by atoms with Gasteiger partial charge in [0.05, 0.1) is 11.2 Å². The SMILES string of the molecule is Cn1c(-c2ccccc2)cc2cc(B3OC(C)(C)C(C)(C)O3)ccc21. The van der Waals surface area contributed by atoms with E-state index in [2.05, 4.69) is 87.8 Å². The van der Waals surface area contributed by atoms with E-state index in [0.29, 0.717) is 0 Å². The molecule has 1 aromatic heterocycles. The molecule has 4 rings (SSSR count). The Kier molecular flexibility index (Phi) is 3.60. The van der Waals surface area contributed by atoms with Gasteiger partial charge in [-0.3, -0.25) is 0 Å². The third kappa shape index (κ3) is 2.61. The van der Waals surface area contributed by atoms with E-state index in [1.54, 1.807) is 0 Å². The minimum absolute atomic E-state index is 0.321. The Morgan fingerprint density at radius 1 is 0.840 bits per heavy atom. The lowest BCUT2D eigenvalue weighted by Gasteiger charge is -2.32. The molecule has 0 saturated carbocycles. The highest BCUT2D eigenvalue weighted by atomic mass is 16.7. The number of aromatic nitrogens is 1. The van der Waals surface area contributed by atoms with Crippen molar-refractivity contribution in [1.82, 2.24) is 4.57 Å². The molecule has 0 aliphatic carbocycles. The first-order chi connectivity index (χ1) is 11.8. The number of rotatable bonds is 2. The number of fused-ring (bicyclic) bond motifs is 1. The summed E-state index contributed by atoms with van der Waals surface area (Å²) in [6, 6.07) is 19.2. The molecule has 1 aliphatic heterocycles. The molecule has 0 radical (unpaired) electrons. The van der Waals surface area contributed by atoms with Crippen molar-refractivity contribution in [3.63, 3.8) is 0 Å². The third-order valence-corrected chi connectivity index (χ3v) is 5.66. The van der Waals surface area contributed by atoms with Crippen LogP contribution in [0, 0.1) is 0 Å². The van der Waals surface area contributed by atoms with Crippen molar-refractivity contribution in [3.05, 3.63) is 54.6 Å². The molecule has 0 spiro atoms. The maximum absolute atomic E-state index is 6.19. The summed E-state index contributed by atoms with van der Waals surface area (Å²) in [6.45, 7) is 8.34. The molecular weight excluding hydrogens is 309 g/mol. The van der Waals surface area contributed by atoms with Gasteiger partial charge in [0, 0.05) is 18.3 Å². The molecule has 1 aliphatic rings. The summed E-state index contributed by atoms with van der Waals surface area (Å²) >= 11 is 0. The standard InChI is InChI=1S/C21H24BNO2/c1-20(2)21(3,4)25-22(24-20)17-11-12-18-16(13-17)14-19(23(18)5)15-9-7-6-8-10-15/h6-14H,1-5H3. The van der Waals surface area contributed by atoms with Crippen LogP contribution in [-0.4, -0.2) is 22.9 Å². The third-order valence-electron chi connectivity index (χ3n) is 5.66. The predicted molar refractivity (Wildman–Crippen MR) is 104 cm³/mol. The van der Waals surface area contributed by atoms with Crippen LogP contribution in [0.4, 0.5) is 0 Å². The molecule has 0 bridgehead atoms. The average Bonchev–Trinajstić information content (AvgIpc) is 3.01. The van der Waals surface area contributed by atoms with Gasteiger partial charge in [-0.05, 0) is 56.2 Å². The Morgan fingerprint density at radius 3 is 2.12 bits per heavy atom. The topological polar surface area (TPSA) is 23.4 Å². The van der Waals surface area contributed by atoms with E-state index in [4.69, 9.17) is 9.31 Å². The normalized spacial score (nSPS) is 18.8. The largest absolute Gasteiger partial charge is 0.494 e. The summed E-state index contributed by atoms with van der Waals surface area (Å²) < 4.78 is 14.6. The van der Waals surface area contributed by atoms with Crippen LogP contribution < -0.4 is 5.46 Å². The minimum atomic E-state index is -0.324. The molecule has 4 heteroatoms. The van der Waals surface area contributed by atoms with Crippen LogP contribution in [0.15, 0.2) is 54.6 Å². The van der Waals surface area contributed by atoms with Gasteiger partial charge >= 0.3 is 7.12 Å². The lowest BCUT2D eigenvalue weighted by Crippen LogP contribution is -2.41. The molecule has 2 heterocycles. The molecule has 25 heavy (non-hydrogen) atoms. The van der Waals surface area contributed by atoms with E-state index in [1.165, 1.54) is 22.2 Å². The molecule has 1 saturated heterocycles. The van der Waals surface area contributed by atoms with Crippen molar-refractivity contribution in [1.29, 1.82) is 0 Å². The van der Waals surface area contributed by atoms with Gasteiger partial charge in [0.15, 0.2) is 0 Å². The predicted octanol–water partition coefficient (Wildman–Crippen LogP) is 4.14. The van der Waals surface area contributed by atoms with Gasteiger partial charge in [-0.1, -0.05) is 42.5 Å². The van der Waals surface area contributed by atoms with Crippen molar-refractivity contribution >= 4 is 23.5 Å². The molecule has 3 nitrogen and oxygen atoms in total. The molecule has 3 aromatic rings. The molecule has 2 aromatic carbocycles. The number of hydrogen-bond donors (Lipinski definition) is 0. The summed E-state index contributed by atoms with van der Waals surface area (Å²) in [6.07, 6.45) is 0. The van der Waals surface area contributed by atoms with E-state index >= 15 is 0 Å². The van der Waals surface area contributed by atoms with E-state index in [1.807, 2.05) is 6.07 Å². The molecule has 0 atom stereocenters. The zero-order valence-electron chi connectivity index (χ0n) is 15.5. The smallest absolute Gasteiger partial charge is 0.399 e. The highest BCUT2D eigenvalue weighted by Gasteiger charge is 2.51. The first-order valence-corrected chi connectivity index (χ1v) is 8.79. The van der Waals surface area contributed by atoms with Crippen molar-refractivity contribution < 1.29 is 9.31 Å². The second kappa shape index (κ2) is 5.48. The molecular formula is C21H24BNO2. The molecule has 1 fully saturated rings. The summed E-state index contributed by atoms with van der Waals surface area (Å²) in [5.74, 6) is 0. The lowest BCUT2D eigenvalue weighted by molar-refractivity contribution is 0.00578. The van der Waals surface area contributed by atoms with Crippen LogP contribution in [0.25, 0.3) is 22.2 Å². The summed E-state index contributed by atoms with van der Waals surface area (Å²) in [5.41, 5.74) is 4.06. The van der Waals surface area contributed by atoms with Crippen LogP contribution in [0.3, 0.4) is 0 Å². The Labute approximate surface area is 149 Å². The first kappa shape index (κ1) is 16.4. The van der Waals surface area contributed by atoms with Crippen molar-refractivity contribution in [3.8, 4) is 11.3 Å². The molecule has 0 amide bonds. The zero-order chi connectivity index (χ0) is 17.8. The maximum Gasteiger partial charge on any atom is 0.494 e. The monoisotopic (exact) mass is 333 g/mol. The fourth-order valence-corrected chi connectivity index (χ4v) is 3.38. The van der Waals surface area contributed by atoms with E-state index in [0.717, 1.165) is 5.46 Å². The molecule has 128 valence electrons. The fraction of sp³-hybridized carbons (Fsp3) is 0.333. The average molecular weight is 333 g/mol. The fourth-order valence-electron chi connectivity index (χ4n) is 3.38. The quantitative estimate of drug-likeness (QED) is 0.658. The van der Waals surface area contributed by atoms with Crippen molar-refractivity contribution in [2.24, 2.45) is 7.05 Å². The van der Waals surface area contributed by atoms with Crippen LogP contribution in [-0.2, 0) is 16.4 Å². The number of aryl methyl sites for hydroxylation is 1. The van der Waals surface area contributed by atoms with Crippen LogP contribution in [0.1, 0.15) is 27.7 Å². The second-order valence-electron chi connectivity index (χ2n) is 7.86. The highest BCUT2D eigenvalue weighted by Crippen LogP contribution is 2.37. The van der Waals surface area contributed by atoms with Crippen LogP contribution in [0.2, 0.25) is 0 Å². The van der Waals surface area contributed by atoms with Crippen LogP contribution in [0.5, 0.6) is 0 Å². The minimum Gasteiger partial charge on any atom is -0.399 e. The van der Waals surface area contributed by atoms with Crippen LogP contribution >= 0.6 is 0 Å². The summed E-state index contributed by atoms with van der Waals surface area (Å²) in [4.78, 5) is 0. The zero-order valence-corrected chi connectivity index (χ0v) is 15.5. The number of hydrogen-bond acceptors (Lipinski definition) is 2. The summed E-state index contributed by atoms with van der Waals surface area (Å²) in [5, 5.41) is 1.20. The number of nitrogens with zero attached hydrogens (tertiary/aromatic N) is 1. The molecule has 0 unspecified atom stereocenters. The van der Waals surface area contributed by atoms with Crippen molar-refractivity contribution in [2.45, 2.75) is 38.9 Å². The highest BCUT2D eigenvalue weighted by molar-refractivity contribution is 6.62. The van der Waals surface area contributed by atoms with E-state index < -0.39 is 0 Å². The molecule has 0 N–H and O–H groups in total. The Hall–Kier alpha value is -2.04. The van der Waals surface area contributed by atoms with Gasteiger partial charge in [-0.2, -0.15) is 0 Å². The van der Waals surface area contributed by atoms with E-state index in [-0.39, 0.29) is 18.3 Å². The summed E-state index contributed by atoms with van der Waals surface area (Å²) in [7, 11) is 1.79. The number of benzene rings is 2. The Bertz CT molecular complexity index is 912. The van der Waals surface area contributed by atoms with Gasteiger partial charge in [0.2, 0.25) is 0 Å². The lowest BCUT2D eigenvalue weighted by atomic mass is 9.78. The Morgan fingerprint density at radius 2 is 1.48 bits per heavy atom. The first-order valence-electron chi connectivity index (χ1n) is 8.79. The van der Waals surface area contributed by atoms with Gasteiger partial charge < -0.3 is 13.9 Å².